The van der Waals surface area contributed by atoms with E-state index in [4.69, 9.17) is 15.2 Å². The molecular formula is C12H26N2O3. The zero-order chi connectivity index (χ0) is 13.1. The van der Waals surface area contributed by atoms with Crippen molar-refractivity contribution >= 4 is 5.91 Å². The lowest BCUT2D eigenvalue weighted by Gasteiger charge is -2.16. The number of hydrogen-bond donors (Lipinski definition) is 2. The van der Waals surface area contributed by atoms with E-state index in [0.29, 0.717) is 32.2 Å². The van der Waals surface area contributed by atoms with Crippen molar-refractivity contribution in [2.75, 3.05) is 32.9 Å². The highest BCUT2D eigenvalue weighted by molar-refractivity contribution is 5.77. The van der Waals surface area contributed by atoms with E-state index in [2.05, 4.69) is 19.2 Å². The van der Waals surface area contributed by atoms with Crippen LogP contribution in [0.1, 0.15) is 27.2 Å². The largest absolute Gasteiger partial charge is 0.380 e. The molecule has 1 atom stereocenters. The Morgan fingerprint density at radius 2 is 2.00 bits per heavy atom. The van der Waals surface area contributed by atoms with Crippen molar-refractivity contribution < 1.29 is 14.3 Å². The number of hydrogen-bond acceptors (Lipinski definition) is 4. The maximum Gasteiger partial charge on any atom is 0.246 e. The van der Waals surface area contributed by atoms with Crippen molar-refractivity contribution in [1.29, 1.82) is 0 Å². The second kappa shape index (κ2) is 10.5. The van der Waals surface area contributed by atoms with Crippen LogP contribution >= 0.6 is 0 Å². The molecule has 0 saturated carbocycles. The maximum atomic E-state index is 11.3. The molecule has 0 rings (SSSR count). The Morgan fingerprint density at radius 1 is 1.29 bits per heavy atom. The molecule has 5 heteroatoms. The normalized spacial score (nSPS) is 12.8. The molecule has 0 aliphatic carbocycles. The van der Waals surface area contributed by atoms with Crippen LogP contribution in [0.2, 0.25) is 0 Å². The van der Waals surface area contributed by atoms with Gasteiger partial charge in [0.15, 0.2) is 0 Å². The molecule has 102 valence electrons. The van der Waals surface area contributed by atoms with Gasteiger partial charge in [-0.15, -0.1) is 0 Å². The first-order chi connectivity index (χ1) is 8.07. The fraction of sp³-hybridized carbons (Fsp3) is 0.917. The Labute approximate surface area is 104 Å². The van der Waals surface area contributed by atoms with Gasteiger partial charge in [0.25, 0.3) is 0 Å². The minimum atomic E-state index is -0.0973. The van der Waals surface area contributed by atoms with Gasteiger partial charge in [-0.3, -0.25) is 4.79 Å². The van der Waals surface area contributed by atoms with E-state index in [-0.39, 0.29) is 18.6 Å². The summed E-state index contributed by atoms with van der Waals surface area (Å²) in [6.45, 7) is 8.52. The lowest BCUT2D eigenvalue weighted by atomic mass is 10.1. The van der Waals surface area contributed by atoms with Gasteiger partial charge >= 0.3 is 0 Å². The number of amides is 1. The van der Waals surface area contributed by atoms with Crippen LogP contribution in [0, 0.1) is 5.92 Å². The second-order valence-corrected chi connectivity index (χ2v) is 4.36. The van der Waals surface area contributed by atoms with Crippen LogP contribution in [0.5, 0.6) is 0 Å². The van der Waals surface area contributed by atoms with E-state index in [1.165, 1.54) is 0 Å². The van der Waals surface area contributed by atoms with Crippen molar-refractivity contribution in [3.63, 3.8) is 0 Å². The number of rotatable bonds is 10. The molecule has 0 saturated heterocycles. The molecule has 0 aliphatic heterocycles. The molecule has 1 unspecified atom stereocenters. The van der Waals surface area contributed by atoms with Gasteiger partial charge in [-0.05, 0) is 25.8 Å². The van der Waals surface area contributed by atoms with Gasteiger partial charge in [-0.25, -0.2) is 0 Å². The van der Waals surface area contributed by atoms with Gasteiger partial charge in [-0.1, -0.05) is 13.8 Å². The molecule has 0 heterocycles. The number of nitrogens with two attached hydrogens (primary N) is 1. The van der Waals surface area contributed by atoms with Gasteiger partial charge in [0, 0.05) is 13.2 Å². The quantitative estimate of drug-likeness (QED) is 0.551. The third-order valence-electron chi connectivity index (χ3n) is 2.48. The summed E-state index contributed by atoms with van der Waals surface area (Å²) >= 11 is 0. The van der Waals surface area contributed by atoms with Crippen molar-refractivity contribution in [2.45, 2.75) is 33.3 Å². The molecule has 17 heavy (non-hydrogen) atoms. The molecule has 0 bridgehead atoms. The molecule has 3 N–H and O–H groups in total. The topological polar surface area (TPSA) is 73.6 Å². The summed E-state index contributed by atoms with van der Waals surface area (Å²) in [6, 6.07) is 0. The smallest absolute Gasteiger partial charge is 0.246 e. The minimum Gasteiger partial charge on any atom is -0.380 e. The van der Waals surface area contributed by atoms with Crippen LogP contribution < -0.4 is 11.1 Å². The summed E-state index contributed by atoms with van der Waals surface area (Å²) < 4.78 is 10.6. The Hall–Kier alpha value is -0.650. The Kier molecular flexibility index (Phi) is 10.1. The van der Waals surface area contributed by atoms with E-state index in [1.54, 1.807) is 0 Å². The molecule has 0 aliphatic rings. The monoisotopic (exact) mass is 246 g/mol. The summed E-state index contributed by atoms with van der Waals surface area (Å²) in [4.78, 5) is 11.3. The lowest BCUT2D eigenvalue weighted by Crippen LogP contribution is -2.32. The molecule has 1 amide bonds. The molecule has 0 spiro atoms. The Balaban J connectivity index is 3.35. The average Bonchev–Trinajstić information content (AvgIpc) is 2.30. The zero-order valence-electron chi connectivity index (χ0n) is 11.2. The molecule has 0 aromatic carbocycles. The minimum absolute atomic E-state index is 0.0973. The van der Waals surface area contributed by atoms with Crippen molar-refractivity contribution in [1.82, 2.24) is 5.32 Å². The van der Waals surface area contributed by atoms with Crippen molar-refractivity contribution in [2.24, 2.45) is 11.7 Å². The highest BCUT2D eigenvalue weighted by Gasteiger charge is 2.09. The summed E-state index contributed by atoms with van der Waals surface area (Å²) in [5.41, 5.74) is 5.32. The van der Waals surface area contributed by atoms with E-state index in [0.717, 1.165) is 6.42 Å². The molecule has 0 radical (unpaired) electrons. The molecule has 0 aromatic heterocycles. The number of ether oxygens (including phenoxy) is 2. The molecule has 0 fully saturated rings. The first-order valence-electron chi connectivity index (χ1n) is 6.24. The number of nitrogens with one attached hydrogen (secondary N) is 1. The molecule has 5 nitrogen and oxygen atoms in total. The standard InChI is InChI=1S/C12H26N2O3/c1-10(2)11(3)17-9-12(15)14-6-8-16-7-4-5-13/h10-11H,4-9,13H2,1-3H3,(H,14,15). The van der Waals surface area contributed by atoms with Gasteiger partial charge in [0.2, 0.25) is 5.91 Å². The first-order valence-corrected chi connectivity index (χ1v) is 6.24. The third kappa shape index (κ3) is 10.2. The van der Waals surface area contributed by atoms with Gasteiger partial charge < -0.3 is 20.5 Å². The van der Waals surface area contributed by atoms with Crippen molar-refractivity contribution in [3.05, 3.63) is 0 Å². The van der Waals surface area contributed by atoms with E-state index in [9.17, 15) is 4.79 Å². The number of carbonyl (C=O) groups excluding carboxylic acids is 1. The zero-order valence-corrected chi connectivity index (χ0v) is 11.2. The number of carbonyl (C=O) groups is 1. The average molecular weight is 246 g/mol. The third-order valence-corrected chi connectivity index (χ3v) is 2.48. The van der Waals surface area contributed by atoms with Crippen LogP contribution in [0.3, 0.4) is 0 Å². The molecule has 0 aromatic rings. The summed E-state index contributed by atoms with van der Waals surface area (Å²) in [7, 11) is 0. The summed E-state index contributed by atoms with van der Waals surface area (Å²) in [5.74, 6) is 0.322. The van der Waals surface area contributed by atoms with Crippen LogP contribution in [0.15, 0.2) is 0 Å². The maximum absolute atomic E-state index is 11.3. The van der Waals surface area contributed by atoms with Crippen LogP contribution in [0.25, 0.3) is 0 Å². The van der Waals surface area contributed by atoms with Crippen LogP contribution in [0.4, 0.5) is 0 Å². The summed E-state index contributed by atoms with van der Waals surface area (Å²) in [5, 5.41) is 2.73. The molecular weight excluding hydrogens is 220 g/mol. The van der Waals surface area contributed by atoms with Crippen LogP contribution in [-0.2, 0) is 14.3 Å². The Bertz CT molecular complexity index is 198. The fourth-order valence-corrected chi connectivity index (χ4v) is 1.00. The second-order valence-electron chi connectivity index (χ2n) is 4.36. The lowest BCUT2D eigenvalue weighted by molar-refractivity contribution is -0.128. The predicted molar refractivity (Wildman–Crippen MR) is 67.8 cm³/mol. The Morgan fingerprint density at radius 3 is 2.59 bits per heavy atom. The highest BCUT2D eigenvalue weighted by atomic mass is 16.5. The van der Waals surface area contributed by atoms with Gasteiger partial charge in [0.05, 0.1) is 12.7 Å². The van der Waals surface area contributed by atoms with Gasteiger partial charge in [-0.2, -0.15) is 0 Å². The SMILES string of the molecule is CC(C)C(C)OCC(=O)NCCOCCCN. The van der Waals surface area contributed by atoms with Crippen molar-refractivity contribution in [3.8, 4) is 0 Å². The fourth-order valence-electron chi connectivity index (χ4n) is 1.00. The van der Waals surface area contributed by atoms with E-state index < -0.39 is 0 Å². The summed E-state index contributed by atoms with van der Waals surface area (Å²) in [6.07, 6.45) is 0.949. The van der Waals surface area contributed by atoms with E-state index in [1.807, 2.05) is 6.92 Å². The highest BCUT2D eigenvalue weighted by Crippen LogP contribution is 2.04. The first kappa shape index (κ1) is 16.4. The van der Waals surface area contributed by atoms with Crippen LogP contribution in [-0.4, -0.2) is 44.9 Å². The predicted octanol–water partition coefficient (Wildman–Crippen LogP) is 0.529. The van der Waals surface area contributed by atoms with Gasteiger partial charge in [0.1, 0.15) is 6.61 Å². The van der Waals surface area contributed by atoms with E-state index >= 15 is 0 Å².